The van der Waals surface area contributed by atoms with Crippen LogP contribution in [0.1, 0.15) is 11.1 Å². The molecular formula is C17H12BrN3O2. The van der Waals surface area contributed by atoms with E-state index in [-0.39, 0.29) is 5.91 Å². The first kappa shape index (κ1) is 14.0. The van der Waals surface area contributed by atoms with Crippen molar-refractivity contribution in [1.29, 1.82) is 0 Å². The number of likely N-dealkylation sites (N-methyl/N-ethyl adjacent to an activating group) is 1. The number of oxime groups is 1. The molecule has 2 N–H and O–H groups in total. The molecule has 0 fully saturated rings. The molecule has 2 aromatic carbocycles. The van der Waals surface area contributed by atoms with Gasteiger partial charge in [0.1, 0.15) is 5.71 Å². The molecule has 0 bridgehead atoms. The zero-order valence-electron chi connectivity index (χ0n) is 12.2. The third kappa shape index (κ3) is 1.91. The van der Waals surface area contributed by atoms with Gasteiger partial charge in [0.25, 0.3) is 5.91 Å². The number of amides is 1. The van der Waals surface area contributed by atoms with Crippen molar-refractivity contribution in [3.05, 3.63) is 63.8 Å². The van der Waals surface area contributed by atoms with Crippen LogP contribution < -0.4 is 10.2 Å². The summed E-state index contributed by atoms with van der Waals surface area (Å²) in [5.41, 5.74) is 4.67. The van der Waals surface area contributed by atoms with E-state index >= 15 is 0 Å². The van der Waals surface area contributed by atoms with Crippen LogP contribution in [0.15, 0.2) is 57.8 Å². The first-order valence-electron chi connectivity index (χ1n) is 7.03. The minimum atomic E-state index is -0.130. The highest BCUT2D eigenvalue weighted by Crippen LogP contribution is 2.42. The number of fused-ring (bicyclic) bond motifs is 2. The summed E-state index contributed by atoms with van der Waals surface area (Å²) < 4.78 is 0.904. The molecule has 2 heterocycles. The van der Waals surface area contributed by atoms with Gasteiger partial charge in [-0.2, -0.15) is 0 Å². The van der Waals surface area contributed by atoms with Gasteiger partial charge in [-0.3, -0.25) is 4.79 Å². The van der Waals surface area contributed by atoms with Gasteiger partial charge in [0.15, 0.2) is 0 Å². The fourth-order valence-electron chi connectivity index (χ4n) is 3.04. The molecule has 0 atom stereocenters. The second kappa shape index (κ2) is 4.96. The van der Waals surface area contributed by atoms with Crippen LogP contribution in [0.25, 0.3) is 5.57 Å². The van der Waals surface area contributed by atoms with Crippen molar-refractivity contribution in [3.8, 4) is 0 Å². The van der Waals surface area contributed by atoms with E-state index in [1.165, 1.54) is 0 Å². The van der Waals surface area contributed by atoms with Crippen molar-refractivity contribution in [2.45, 2.75) is 0 Å². The number of hydrogen-bond donors (Lipinski definition) is 2. The number of anilines is 2. The first-order chi connectivity index (χ1) is 11.1. The van der Waals surface area contributed by atoms with Crippen LogP contribution in [-0.4, -0.2) is 23.9 Å². The minimum absolute atomic E-state index is 0.130. The Hall–Kier alpha value is -2.60. The molecule has 2 aliphatic heterocycles. The first-order valence-corrected chi connectivity index (χ1v) is 7.82. The summed E-state index contributed by atoms with van der Waals surface area (Å²) in [4.78, 5) is 14.3. The van der Waals surface area contributed by atoms with Crippen LogP contribution in [0.5, 0.6) is 0 Å². The largest absolute Gasteiger partial charge is 0.410 e. The molecule has 0 saturated carbocycles. The van der Waals surface area contributed by atoms with E-state index in [2.05, 4.69) is 26.4 Å². The summed E-state index contributed by atoms with van der Waals surface area (Å²) in [6, 6.07) is 13.2. The highest BCUT2D eigenvalue weighted by atomic mass is 79.9. The van der Waals surface area contributed by atoms with E-state index in [1.807, 2.05) is 42.5 Å². The van der Waals surface area contributed by atoms with Gasteiger partial charge in [0, 0.05) is 28.3 Å². The number of nitrogens with zero attached hydrogens (tertiary/aromatic N) is 2. The lowest BCUT2D eigenvalue weighted by molar-refractivity contribution is -0.112. The fraction of sp³-hybridized carbons (Fsp3) is 0.0588. The molecule has 0 aliphatic carbocycles. The highest BCUT2D eigenvalue weighted by Gasteiger charge is 2.37. The second-order valence-electron chi connectivity index (χ2n) is 5.39. The third-order valence-electron chi connectivity index (χ3n) is 4.14. The lowest BCUT2D eigenvalue weighted by Gasteiger charge is -2.09. The minimum Gasteiger partial charge on any atom is -0.410 e. The maximum atomic E-state index is 12.7. The van der Waals surface area contributed by atoms with Gasteiger partial charge >= 0.3 is 0 Å². The fourth-order valence-corrected chi connectivity index (χ4v) is 3.39. The van der Waals surface area contributed by atoms with Crippen molar-refractivity contribution in [3.63, 3.8) is 0 Å². The van der Waals surface area contributed by atoms with E-state index in [1.54, 1.807) is 11.9 Å². The number of halogens is 1. The number of rotatable bonds is 0. The monoisotopic (exact) mass is 369 g/mol. The van der Waals surface area contributed by atoms with Crippen molar-refractivity contribution in [2.24, 2.45) is 5.16 Å². The van der Waals surface area contributed by atoms with Gasteiger partial charge in [-0.05, 0) is 18.2 Å². The Morgan fingerprint density at radius 2 is 1.96 bits per heavy atom. The molecule has 0 spiro atoms. The summed E-state index contributed by atoms with van der Waals surface area (Å²) in [5, 5.41) is 16.1. The Labute approximate surface area is 141 Å². The molecule has 6 heteroatoms. The molecular weight excluding hydrogens is 358 g/mol. The summed E-state index contributed by atoms with van der Waals surface area (Å²) in [6.07, 6.45) is 0. The van der Waals surface area contributed by atoms with Gasteiger partial charge in [-0.25, -0.2) is 0 Å². The summed E-state index contributed by atoms with van der Waals surface area (Å²) in [6.45, 7) is 0. The molecule has 0 aromatic heterocycles. The zero-order valence-corrected chi connectivity index (χ0v) is 13.8. The van der Waals surface area contributed by atoms with Crippen molar-refractivity contribution < 1.29 is 10.0 Å². The van der Waals surface area contributed by atoms with Crippen molar-refractivity contribution >= 4 is 44.5 Å². The Balaban J connectivity index is 1.98. The Morgan fingerprint density at radius 3 is 2.74 bits per heavy atom. The number of para-hydroxylation sites is 1. The summed E-state index contributed by atoms with van der Waals surface area (Å²) in [7, 11) is 1.74. The molecule has 1 amide bonds. The zero-order chi connectivity index (χ0) is 16.1. The maximum Gasteiger partial charge on any atom is 0.260 e. The number of hydrogen-bond acceptors (Lipinski definition) is 4. The van der Waals surface area contributed by atoms with Crippen LogP contribution in [0.4, 0.5) is 11.4 Å². The normalized spacial score (nSPS) is 20.7. The van der Waals surface area contributed by atoms with Gasteiger partial charge in [-0.1, -0.05) is 45.4 Å². The Kier molecular flexibility index (Phi) is 3.02. The van der Waals surface area contributed by atoms with Crippen LogP contribution in [0, 0.1) is 0 Å². The average molecular weight is 370 g/mol. The lowest BCUT2D eigenvalue weighted by Crippen LogP contribution is -2.22. The van der Waals surface area contributed by atoms with Crippen molar-refractivity contribution in [2.75, 3.05) is 17.3 Å². The molecule has 2 aliphatic rings. The SMILES string of the molecule is CN1C(=O)/C(=C2\Nc3ccccc3\C2=N/O)c2ccc(Br)cc21. The summed E-state index contributed by atoms with van der Waals surface area (Å²) >= 11 is 3.43. The topological polar surface area (TPSA) is 64.9 Å². The third-order valence-corrected chi connectivity index (χ3v) is 4.63. The standard InChI is InChI=1S/C17H12BrN3O2/c1-21-13-8-9(18)6-7-11(13)14(17(21)22)16-15(20-23)10-4-2-3-5-12(10)19-16/h2-8,19,23H,1H3/b16-14-,20-15+. The van der Waals surface area contributed by atoms with Gasteiger partial charge in [0.05, 0.1) is 17.0 Å². The van der Waals surface area contributed by atoms with Crippen LogP contribution in [0.2, 0.25) is 0 Å². The van der Waals surface area contributed by atoms with Crippen molar-refractivity contribution in [1.82, 2.24) is 0 Å². The maximum absolute atomic E-state index is 12.7. The predicted molar refractivity (Wildman–Crippen MR) is 92.9 cm³/mol. The second-order valence-corrected chi connectivity index (χ2v) is 6.31. The van der Waals surface area contributed by atoms with E-state index < -0.39 is 0 Å². The molecule has 23 heavy (non-hydrogen) atoms. The number of benzene rings is 2. The molecule has 4 rings (SSSR count). The quantitative estimate of drug-likeness (QED) is 0.424. The molecule has 0 radical (unpaired) electrons. The Morgan fingerprint density at radius 1 is 1.17 bits per heavy atom. The number of allylic oxidation sites excluding steroid dienone is 1. The summed E-state index contributed by atoms with van der Waals surface area (Å²) in [5.74, 6) is -0.130. The molecule has 5 nitrogen and oxygen atoms in total. The molecule has 114 valence electrons. The molecule has 2 aromatic rings. The van der Waals surface area contributed by atoms with E-state index in [0.29, 0.717) is 17.0 Å². The lowest BCUT2D eigenvalue weighted by atomic mass is 10.0. The van der Waals surface area contributed by atoms with Crippen LogP contribution >= 0.6 is 15.9 Å². The Bertz CT molecular complexity index is 918. The van der Waals surface area contributed by atoms with Gasteiger partial charge in [0.2, 0.25) is 0 Å². The predicted octanol–water partition coefficient (Wildman–Crippen LogP) is 3.44. The van der Waals surface area contributed by atoms with Gasteiger partial charge in [-0.15, -0.1) is 0 Å². The molecule has 0 unspecified atom stereocenters. The van der Waals surface area contributed by atoms with Gasteiger partial charge < -0.3 is 15.4 Å². The van der Waals surface area contributed by atoms with Crippen LogP contribution in [0.3, 0.4) is 0 Å². The molecule has 0 saturated heterocycles. The smallest absolute Gasteiger partial charge is 0.260 e. The van der Waals surface area contributed by atoms with E-state index in [0.717, 1.165) is 27.0 Å². The van der Waals surface area contributed by atoms with E-state index in [9.17, 15) is 10.0 Å². The highest BCUT2D eigenvalue weighted by molar-refractivity contribution is 9.10. The van der Waals surface area contributed by atoms with E-state index in [4.69, 9.17) is 0 Å². The van der Waals surface area contributed by atoms with Crippen LogP contribution in [-0.2, 0) is 4.79 Å². The average Bonchev–Trinajstić information content (AvgIpc) is 3.03. The number of carbonyl (C=O) groups is 1. The number of carbonyl (C=O) groups excluding carboxylic acids is 1. The number of nitrogens with one attached hydrogen (secondary N) is 1.